The van der Waals surface area contributed by atoms with Gasteiger partial charge in [-0.1, -0.05) is 23.7 Å². The Bertz CT molecular complexity index is 1110. The highest BCUT2D eigenvalue weighted by Gasteiger charge is 2.17. The average molecular weight is 499 g/mol. The summed E-state index contributed by atoms with van der Waals surface area (Å²) in [5.74, 6) is -0.957. The largest absolute Gasteiger partial charge is 0.476 e. The number of hydrogen-bond donors (Lipinski definition) is 4. The van der Waals surface area contributed by atoms with Gasteiger partial charge in [-0.15, -0.1) is 0 Å². The van der Waals surface area contributed by atoms with Gasteiger partial charge in [-0.05, 0) is 37.0 Å². The molecule has 0 fully saturated rings. The number of guanidine groups is 1. The smallest absolute Gasteiger partial charge is 0.280 e. The molecule has 0 bridgehead atoms. The quantitative estimate of drug-likeness (QED) is 0.206. The lowest BCUT2D eigenvalue weighted by molar-refractivity contribution is 0.0972. The summed E-state index contributed by atoms with van der Waals surface area (Å²) in [4.78, 5) is 23.8. The molecule has 2 rings (SSSR count). The molecule has 0 saturated heterocycles. The van der Waals surface area contributed by atoms with Crippen LogP contribution in [0.5, 0.6) is 5.75 Å². The highest BCUT2D eigenvalue weighted by Crippen LogP contribution is 2.17. The van der Waals surface area contributed by atoms with Gasteiger partial charge in [0.15, 0.2) is 28.4 Å². The molecule has 0 unspecified atom stereocenters. The summed E-state index contributed by atoms with van der Waals surface area (Å²) < 4.78 is 29.9. The number of anilines is 2. The maximum atomic E-state index is 12.2. The first-order valence-electron chi connectivity index (χ1n) is 9.81. The molecule has 33 heavy (non-hydrogen) atoms. The van der Waals surface area contributed by atoms with Crippen molar-refractivity contribution in [3.8, 4) is 5.75 Å². The van der Waals surface area contributed by atoms with Crippen molar-refractivity contribution in [1.82, 2.24) is 19.6 Å². The van der Waals surface area contributed by atoms with Gasteiger partial charge in [0.2, 0.25) is 16.0 Å². The number of nitrogen functional groups attached to an aromatic ring is 2. The van der Waals surface area contributed by atoms with Gasteiger partial charge < -0.3 is 21.9 Å². The number of carbonyl (C=O) groups is 1. The fourth-order valence-electron chi connectivity index (χ4n) is 2.46. The van der Waals surface area contributed by atoms with E-state index in [1.165, 1.54) is 14.1 Å². The zero-order chi connectivity index (χ0) is 24.6. The number of carbonyl (C=O) groups excluding carboxylic acids is 1. The Labute approximate surface area is 197 Å². The van der Waals surface area contributed by atoms with Gasteiger partial charge >= 0.3 is 0 Å². The second kappa shape index (κ2) is 11.6. The van der Waals surface area contributed by atoms with E-state index in [1.54, 1.807) is 12.1 Å². The fraction of sp³-hybridized carbons (Fsp3) is 0.368. The molecule has 0 aliphatic heterocycles. The Morgan fingerprint density at radius 3 is 2.45 bits per heavy atom. The van der Waals surface area contributed by atoms with Gasteiger partial charge in [0.05, 0.1) is 0 Å². The van der Waals surface area contributed by atoms with Gasteiger partial charge in [0, 0.05) is 20.6 Å². The van der Waals surface area contributed by atoms with Crippen molar-refractivity contribution in [2.45, 2.75) is 19.3 Å². The van der Waals surface area contributed by atoms with Crippen LogP contribution < -0.4 is 27.3 Å². The number of nitrogens with two attached hydrogens (primary N) is 3. The van der Waals surface area contributed by atoms with Crippen LogP contribution in [0.1, 0.15) is 28.9 Å². The summed E-state index contributed by atoms with van der Waals surface area (Å²) in [6.45, 7) is 0.402. The van der Waals surface area contributed by atoms with Gasteiger partial charge in [0.25, 0.3) is 5.91 Å². The number of ether oxygens (including phenoxy) is 1. The molecular weight excluding hydrogens is 472 g/mol. The van der Waals surface area contributed by atoms with Crippen LogP contribution in [0, 0.1) is 0 Å². The highest BCUT2D eigenvalue weighted by molar-refractivity contribution is 7.88. The minimum Gasteiger partial charge on any atom is -0.476 e. The normalized spacial score (nSPS) is 12.1. The predicted molar refractivity (Wildman–Crippen MR) is 127 cm³/mol. The Hall–Kier alpha value is -3.16. The summed E-state index contributed by atoms with van der Waals surface area (Å²) in [6.07, 6.45) is 2.34. The van der Waals surface area contributed by atoms with E-state index in [2.05, 4.69) is 20.3 Å². The molecule has 0 radical (unpaired) electrons. The summed E-state index contributed by atoms with van der Waals surface area (Å²) in [6, 6.07) is 7.20. The Morgan fingerprint density at radius 1 is 1.15 bits per heavy atom. The van der Waals surface area contributed by atoms with Crippen molar-refractivity contribution >= 4 is 45.1 Å². The number of rotatable bonds is 10. The lowest BCUT2D eigenvalue weighted by atomic mass is 10.1. The number of benzene rings is 1. The lowest BCUT2D eigenvalue weighted by Crippen LogP contribution is -2.38. The van der Waals surface area contributed by atoms with E-state index in [0.717, 1.165) is 29.1 Å². The summed E-state index contributed by atoms with van der Waals surface area (Å²) in [5, 5.41) is 2.24. The highest BCUT2D eigenvalue weighted by atomic mass is 35.5. The maximum Gasteiger partial charge on any atom is 0.280 e. The summed E-state index contributed by atoms with van der Waals surface area (Å²) in [7, 11) is -0.520. The number of nitrogens with one attached hydrogen (secondary N) is 1. The monoisotopic (exact) mass is 498 g/mol. The molecule has 0 aliphatic rings. The predicted octanol–water partition coefficient (Wildman–Crippen LogP) is 0.590. The van der Waals surface area contributed by atoms with Crippen molar-refractivity contribution in [2.24, 2.45) is 10.7 Å². The zero-order valence-corrected chi connectivity index (χ0v) is 19.9. The van der Waals surface area contributed by atoms with E-state index >= 15 is 0 Å². The third kappa shape index (κ3) is 8.04. The molecule has 0 aliphatic carbocycles. The number of aromatic nitrogens is 2. The van der Waals surface area contributed by atoms with Crippen LogP contribution in [0.15, 0.2) is 29.3 Å². The molecular formula is C19H27ClN8O4S. The molecule has 1 aromatic carbocycles. The number of amides is 1. The van der Waals surface area contributed by atoms with Crippen LogP contribution in [-0.2, 0) is 16.4 Å². The number of hydrogen-bond acceptors (Lipinski definition) is 9. The maximum absolute atomic E-state index is 12.2. The van der Waals surface area contributed by atoms with E-state index in [1.807, 2.05) is 12.1 Å². The molecule has 1 heterocycles. The van der Waals surface area contributed by atoms with Crippen LogP contribution in [-0.4, -0.2) is 61.1 Å². The molecule has 0 spiro atoms. The molecule has 1 aromatic heterocycles. The first-order chi connectivity index (χ1) is 15.5. The first kappa shape index (κ1) is 26.1. The average Bonchev–Trinajstić information content (AvgIpc) is 2.75. The SMILES string of the molecule is CN(C)S(=O)(=O)COc1ccc(CCCCN=C(N)NC(=O)c2nc(Cl)c(N)nc2N)cc1. The molecule has 180 valence electrons. The second-order valence-electron chi connectivity index (χ2n) is 7.11. The van der Waals surface area contributed by atoms with Crippen LogP contribution in [0.2, 0.25) is 5.15 Å². The van der Waals surface area contributed by atoms with E-state index < -0.39 is 21.9 Å². The topological polar surface area (TPSA) is 192 Å². The second-order valence-corrected chi connectivity index (χ2v) is 9.60. The summed E-state index contributed by atoms with van der Waals surface area (Å²) in [5.41, 5.74) is 17.7. The van der Waals surface area contributed by atoms with Gasteiger partial charge in [-0.2, -0.15) is 0 Å². The Balaban J connectivity index is 1.75. The minimum absolute atomic E-state index is 0.0770. The van der Waals surface area contributed by atoms with Gasteiger partial charge in [-0.3, -0.25) is 15.1 Å². The first-order valence-corrected chi connectivity index (χ1v) is 11.8. The number of aryl methyl sites for hydroxylation is 1. The third-order valence-electron chi connectivity index (χ3n) is 4.37. The van der Waals surface area contributed by atoms with Gasteiger partial charge in [-0.25, -0.2) is 22.7 Å². The molecule has 12 nitrogen and oxygen atoms in total. The molecule has 0 atom stereocenters. The minimum atomic E-state index is -3.42. The van der Waals surface area contributed by atoms with Crippen LogP contribution in [0.25, 0.3) is 0 Å². The van der Waals surface area contributed by atoms with E-state index in [9.17, 15) is 13.2 Å². The van der Waals surface area contributed by atoms with Crippen LogP contribution in [0.3, 0.4) is 0 Å². The fourth-order valence-corrected chi connectivity index (χ4v) is 3.09. The number of halogens is 1. The van der Waals surface area contributed by atoms with Crippen molar-refractivity contribution in [3.63, 3.8) is 0 Å². The Kier molecular flexibility index (Phi) is 9.20. The van der Waals surface area contributed by atoms with E-state index in [4.69, 9.17) is 33.5 Å². The number of sulfonamides is 1. The van der Waals surface area contributed by atoms with Crippen molar-refractivity contribution in [2.75, 3.05) is 38.0 Å². The third-order valence-corrected chi connectivity index (χ3v) is 6.18. The van der Waals surface area contributed by atoms with Crippen molar-refractivity contribution < 1.29 is 17.9 Å². The number of unbranched alkanes of at least 4 members (excludes halogenated alkanes) is 1. The zero-order valence-electron chi connectivity index (χ0n) is 18.3. The molecule has 7 N–H and O–H groups in total. The van der Waals surface area contributed by atoms with Crippen LogP contribution >= 0.6 is 11.6 Å². The van der Waals surface area contributed by atoms with E-state index in [-0.39, 0.29) is 28.4 Å². The van der Waals surface area contributed by atoms with Crippen LogP contribution in [0.4, 0.5) is 11.6 Å². The number of nitrogens with zero attached hydrogens (tertiary/aromatic N) is 4. The molecule has 2 aromatic rings. The van der Waals surface area contributed by atoms with E-state index in [0.29, 0.717) is 12.3 Å². The summed E-state index contributed by atoms with van der Waals surface area (Å²) >= 11 is 5.76. The van der Waals surface area contributed by atoms with Crippen molar-refractivity contribution in [3.05, 3.63) is 40.7 Å². The Morgan fingerprint density at radius 2 is 1.82 bits per heavy atom. The van der Waals surface area contributed by atoms with Gasteiger partial charge in [0.1, 0.15) is 5.75 Å². The van der Waals surface area contributed by atoms with Crippen molar-refractivity contribution in [1.29, 1.82) is 0 Å². The number of aliphatic imine (C=N–C) groups is 1. The molecule has 1 amide bonds. The standard InChI is InChI=1S/C19H27ClN8O4S/c1-28(2)33(30,31)11-32-13-8-6-12(7-9-13)5-3-4-10-24-19(23)27-18(29)14-16(21)26-17(22)15(20)25-14/h6-9H,3-5,10-11H2,1-2H3,(H4,21,22,26)(H3,23,24,27,29). The lowest BCUT2D eigenvalue weighted by Gasteiger charge is -2.12. The molecule has 0 saturated carbocycles. The molecule has 14 heteroatoms.